The molecule has 5 nitrogen and oxygen atoms in total. The molecule has 0 aliphatic heterocycles. The summed E-state index contributed by atoms with van der Waals surface area (Å²) in [6, 6.07) is 0. The molecule has 19 heavy (non-hydrogen) atoms. The van der Waals surface area contributed by atoms with Crippen LogP contribution < -0.4 is 10.2 Å². The van der Waals surface area contributed by atoms with Crippen molar-refractivity contribution in [2.24, 2.45) is 5.92 Å². The molecule has 5 heteroatoms. The number of rotatable bonds is 7. The van der Waals surface area contributed by atoms with Crippen LogP contribution in [0.25, 0.3) is 0 Å². The van der Waals surface area contributed by atoms with Gasteiger partial charge in [0.2, 0.25) is 5.95 Å². The van der Waals surface area contributed by atoms with Gasteiger partial charge < -0.3 is 15.1 Å². The maximum absolute atomic E-state index is 4.61. The van der Waals surface area contributed by atoms with Gasteiger partial charge in [-0.25, -0.2) is 4.98 Å². The first-order valence-corrected chi connectivity index (χ1v) is 6.85. The fourth-order valence-corrected chi connectivity index (χ4v) is 1.92. The van der Waals surface area contributed by atoms with Gasteiger partial charge in [0.05, 0.1) is 0 Å². The number of aromatic nitrogens is 2. The van der Waals surface area contributed by atoms with Crippen LogP contribution in [0.2, 0.25) is 0 Å². The van der Waals surface area contributed by atoms with Crippen LogP contribution in [0.15, 0.2) is 6.20 Å². The number of aryl methyl sites for hydroxylation is 1. The monoisotopic (exact) mass is 265 g/mol. The van der Waals surface area contributed by atoms with Crippen molar-refractivity contribution < 1.29 is 0 Å². The van der Waals surface area contributed by atoms with E-state index in [0.717, 1.165) is 31.0 Å². The molecule has 0 fully saturated rings. The molecule has 0 spiro atoms. The van der Waals surface area contributed by atoms with E-state index in [1.807, 2.05) is 13.2 Å². The molecule has 0 bridgehead atoms. The summed E-state index contributed by atoms with van der Waals surface area (Å²) in [5.41, 5.74) is 1.12. The molecule has 0 atom stereocenters. The Kier molecular flexibility index (Phi) is 6.02. The van der Waals surface area contributed by atoms with Gasteiger partial charge in [-0.15, -0.1) is 0 Å². The fourth-order valence-electron chi connectivity index (χ4n) is 1.92. The van der Waals surface area contributed by atoms with Gasteiger partial charge in [-0.3, -0.25) is 0 Å². The first-order valence-electron chi connectivity index (χ1n) is 6.85. The third-order valence-electron chi connectivity index (χ3n) is 2.87. The van der Waals surface area contributed by atoms with E-state index in [0.29, 0.717) is 11.9 Å². The molecule has 0 amide bonds. The minimum absolute atomic E-state index is 0.606. The van der Waals surface area contributed by atoms with E-state index in [9.17, 15) is 0 Å². The average molecular weight is 265 g/mol. The van der Waals surface area contributed by atoms with Crippen LogP contribution in [-0.4, -0.2) is 55.6 Å². The Hall–Kier alpha value is -1.36. The smallest absolute Gasteiger partial charge is 0.224 e. The lowest BCUT2D eigenvalue weighted by Gasteiger charge is -2.28. The molecule has 0 aliphatic rings. The molecule has 0 aromatic carbocycles. The van der Waals surface area contributed by atoms with E-state index >= 15 is 0 Å². The Bertz CT molecular complexity index is 389. The van der Waals surface area contributed by atoms with Gasteiger partial charge in [-0.05, 0) is 26.9 Å². The number of hydrogen-bond acceptors (Lipinski definition) is 5. The summed E-state index contributed by atoms with van der Waals surface area (Å²) in [5.74, 6) is 2.32. The first-order chi connectivity index (χ1) is 8.93. The zero-order valence-electron chi connectivity index (χ0n) is 13.1. The van der Waals surface area contributed by atoms with Gasteiger partial charge in [0, 0.05) is 38.4 Å². The molecule has 0 unspecified atom stereocenters. The largest absolute Gasteiger partial charge is 0.357 e. The summed E-state index contributed by atoms with van der Waals surface area (Å²) in [4.78, 5) is 13.4. The summed E-state index contributed by atoms with van der Waals surface area (Å²) >= 11 is 0. The zero-order valence-corrected chi connectivity index (χ0v) is 13.1. The highest BCUT2D eigenvalue weighted by Crippen LogP contribution is 2.19. The molecule has 0 saturated carbocycles. The zero-order chi connectivity index (χ0) is 14.4. The summed E-state index contributed by atoms with van der Waals surface area (Å²) in [6.45, 7) is 9.54. The minimum Gasteiger partial charge on any atom is -0.357 e. The molecule has 0 radical (unpaired) electrons. The van der Waals surface area contributed by atoms with E-state index < -0.39 is 0 Å². The van der Waals surface area contributed by atoms with Crippen molar-refractivity contribution in [2.75, 3.05) is 51.0 Å². The Balaban J connectivity index is 2.94. The van der Waals surface area contributed by atoms with Crippen LogP contribution in [-0.2, 0) is 0 Å². The second-order valence-electron chi connectivity index (χ2n) is 5.59. The highest BCUT2D eigenvalue weighted by atomic mass is 15.2. The number of likely N-dealkylation sites (N-methyl/N-ethyl adjacent to an activating group) is 1. The van der Waals surface area contributed by atoms with Crippen molar-refractivity contribution in [1.29, 1.82) is 0 Å². The van der Waals surface area contributed by atoms with E-state index in [4.69, 9.17) is 0 Å². The average Bonchev–Trinajstić information content (AvgIpc) is 2.34. The Labute approximate surface area is 117 Å². The third kappa shape index (κ3) is 5.03. The summed E-state index contributed by atoms with van der Waals surface area (Å²) < 4.78 is 0. The van der Waals surface area contributed by atoms with Gasteiger partial charge in [0.1, 0.15) is 5.82 Å². The predicted molar refractivity (Wildman–Crippen MR) is 81.9 cm³/mol. The number of nitrogens with one attached hydrogen (secondary N) is 1. The lowest BCUT2D eigenvalue weighted by molar-refractivity contribution is 0.408. The number of nitrogens with zero attached hydrogens (tertiary/aromatic N) is 4. The molecular formula is C14H27N5. The topological polar surface area (TPSA) is 44.3 Å². The lowest BCUT2D eigenvalue weighted by atomic mass is 10.2. The second kappa shape index (κ2) is 7.28. The Morgan fingerprint density at radius 3 is 2.47 bits per heavy atom. The van der Waals surface area contributed by atoms with Crippen LogP contribution >= 0.6 is 0 Å². The molecular weight excluding hydrogens is 238 g/mol. The molecule has 0 saturated heterocycles. The van der Waals surface area contributed by atoms with Crippen molar-refractivity contribution >= 4 is 11.8 Å². The van der Waals surface area contributed by atoms with Crippen molar-refractivity contribution in [3.05, 3.63) is 11.8 Å². The van der Waals surface area contributed by atoms with E-state index in [-0.39, 0.29) is 0 Å². The van der Waals surface area contributed by atoms with Crippen LogP contribution in [0.5, 0.6) is 0 Å². The summed E-state index contributed by atoms with van der Waals surface area (Å²) in [7, 11) is 6.04. The van der Waals surface area contributed by atoms with Gasteiger partial charge in [0.25, 0.3) is 0 Å². The molecule has 1 rings (SSSR count). The second-order valence-corrected chi connectivity index (χ2v) is 5.59. The molecule has 0 aliphatic carbocycles. The van der Waals surface area contributed by atoms with Crippen molar-refractivity contribution in [2.45, 2.75) is 20.8 Å². The van der Waals surface area contributed by atoms with Gasteiger partial charge in [-0.2, -0.15) is 4.98 Å². The molecule has 1 aromatic heterocycles. The molecule has 1 heterocycles. The SMILES string of the molecule is CNc1ncc(C)c(N(CCN(C)C)CC(C)C)n1. The van der Waals surface area contributed by atoms with Gasteiger partial charge in [0.15, 0.2) is 0 Å². The van der Waals surface area contributed by atoms with Crippen molar-refractivity contribution in [3.63, 3.8) is 0 Å². The van der Waals surface area contributed by atoms with Gasteiger partial charge in [-0.1, -0.05) is 13.8 Å². The van der Waals surface area contributed by atoms with Crippen LogP contribution in [0.1, 0.15) is 19.4 Å². The van der Waals surface area contributed by atoms with Crippen LogP contribution in [0.3, 0.4) is 0 Å². The standard InChI is InChI=1S/C14H27N5/c1-11(2)10-19(8-7-18(5)6)13-12(3)9-16-14(15-4)17-13/h9,11H,7-8,10H2,1-6H3,(H,15,16,17). The number of anilines is 2. The molecule has 1 aromatic rings. The maximum atomic E-state index is 4.61. The van der Waals surface area contributed by atoms with Crippen molar-refractivity contribution in [1.82, 2.24) is 14.9 Å². The van der Waals surface area contributed by atoms with Gasteiger partial charge >= 0.3 is 0 Å². The van der Waals surface area contributed by atoms with E-state index in [2.05, 4.69) is 60.0 Å². The quantitative estimate of drug-likeness (QED) is 0.815. The summed E-state index contributed by atoms with van der Waals surface area (Å²) in [6.07, 6.45) is 1.89. The van der Waals surface area contributed by atoms with Crippen molar-refractivity contribution in [3.8, 4) is 0 Å². The fraction of sp³-hybridized carbons (Fsp3) is 0.714. The summed E-state index contributed by atoms with van der Waals surface area (Å²) in [5, 5.41) is 3.01. The number of hydrogen-bond donors (Lipinski definition) is 1. The minimum atomic E-state index is 0.606. The predicted octanol–water partition coefficient (Wildman–Crippen LogP) is 1.85. The normalized spacial score (nSPS) is 11.2. The first kappa shape index (κ1) is 15.7. The van der Waals surface area contributed by atoms with Crippen LogP contribution in [0.4, 0.5) is 11.8 Å². The molecule has 1 N–H and O–H groups in total. The Morgan fingerprint density at radius 1 is 1.26 bits per heavy atom. The van der Waals surface area contributed by atoms with E-state index in [1.54, 1.807) is 0 Å². The molecule has 108 valence electrons. The van der Waals surface area contributed by atoms with E-state index in [1.165, 1.54) is 0 Å². The highest BCUT2D eigenvalue weighted by molar-refractivity contribution is 5.48. The third-order valence-corrected chi connectivity index (χ3v) is 2.87. The Morgan fingerprint density at radius 2 is 1.95 bits per heavy atom. The maximum Gasteiger partial charge on any atom is 0.224 e. The lowest BCUT2D eigenvalue weighted by Crippen LogP contribution is -2.35. The van der Waals surface area contributed by atoms with Crippen LogP contribution in [0, 0.1) is 12.8 Å². The highest BCUT2D eigenvalue weighted by Gasteiger charge is 2.14.